The first kappa shape index (κ1) is 14.7. The van der Waals surface area contributed by atoms with Gasteiger partial charge >= 0.3 is 0 Å². The summed E-state index contributed by atoms with van der Waals surface area (Å²) in [6.07, 6.45) is 5.92. The monoisotopic (exact) mass is 289 g/mol. The second-order valence-corrected chi connectivity index (χ2v) is 7.38. The molecule has 0 spiro atoms. The molecule has 110 valence electrons. The van der Waals surface area contributed by atoms with Crippen LogP contribution in [0.25, 0.3) is 0 Å². The van der Waals surface area contributed by atoms with E-state index in [1.165, 1.54) is 0 Å². The van der Waals surface area contributed by atoms with E-state index in [4.69, 9.17) is 0 Å². The van der Waals surface area contributed by atoms with Crippen LogP contribution < -0.4 is 15.6 Å². The molecule has 0 atom stereocenters. The van der Waals surface area contributed by atoms with Crippen LogP contribution in [0.15, 0.2) is 0 Å². The third kappa shape index (κ3) is 4.15. The van der Waals surface area contributed by atoms with Crippen molar-refractivity contribution < 1.29 is 13.2 Å². The molecule has 1 amide bonds. The van der Waals surface area contributed by atoms with Gasteiger partial charge < -0.3 is 5.32 Å². The fourth-order valence-corrected chi connectivity index (χ4v) is 4.13. The lowest BCUT2D eigenvalue weighted by Gasteiger charge is -2.24. The zero-order valence-corrected chi connectivity index (χ0v) is 12.0. The standard InChI is InChI=1S/C12H23N3O3S/c16-12(10-6-8-13-9-7-10)14-15-19(17,18)11-4-2-1-3-5-11/h10-11,13,15H,1-9H2,(H,14,16). The number of piperidine rings is 1. The summed E-state index contributed by atoms with van der Waals surface area (Å²) < 4.78 is 24.1. The van der Waals surface area contributed by atoms with Crippen molar-refractivity contribution >= 4 is 15.9 Å². The molecular weight excluding hydrogens is 266 g/mol. The van der Waals surface area contributed by atoms with E-state index in [0.717, 1.165) is 45.2 Å². The maximum atomic E-state index is 12.0. The minimum absolute atomic E-state index is 0.0877. The summed E-state index contributed by atoms with van der Waals surface area (Å²) in [6, 6.07) is 0. The van der Waals surface area contributed by atoms with Crippen LogP contribution in [-0.2, 0) is 14.8 Å². The summed E-state index contributed by atoms with van der Waals surface area (Å²) in [7, 11) is -3.41. The number of hydrogen-bond donors (Lipinski definition) is 3. The number of hydrogen-bond acceptors (Lipinski definition) is 4. The molecule has 19 heavy (non-hydrogen) atoms. The van der Waals surface area contributed by atoms with Crippen molar-refractivity contribution in [3.05, 3.63) is 0 Å². The van der Waals surface area contributed by atoms with Crippen LogP contribution in [0, 0.1) is 5.92 Å². The Bertz CT molecular complexity index is 398. The van der Waals surface area contributed by atoms with Crippen molar-refractivity contribution in [3.8, 4) is 0 Å². The summed E-state index contributed by atoms with van der Waals surface area (Å²) >= 11 is 0. The van der Waals surface area contributed by atoms with E-state index < -0.39 is 10.0 Å². The Hall–Kier alpha value is -0.660. The Morgan fingerprint density at radius 3 is 2.26 bits per heavy atom. The summed E-state index contributed by atoms with van der Waals surface area (Å²) in [4.78, 5) is 14.1. The number of hydrazine groups is 1. The van der Waals surface area contributed by atoms with Crippen molar-refractivity contribution in [2.45, 2.75) is 50.2 Å². The summed E-state index contributed by atoms with van der Waals surface area (Å²) in [5, 5.41) is 2.82. The van der Waals surface area contributed by atoms with Gasteiger partial charge in [-0.3, -0.25) is 10.2 Å². The van der Waals surface area contributed by atoms with Gasteiger partial charge in [0.05, 0.1) is 5.25 Å². The highest BCUT2D eigenvalue weighted by molar-refractivity contribution is 7.90. The first-order valence-electron chi connectivity index (χ1n) is 7.11. The lowest BCUT2D eigenvalue weighted by atomic mass is 9.98. The smallest absolute Gasteiger partial charge is 0.238 e. The maximum Gasteiger partial charge on any atom is 0.238 e. The van der Waals surface area contributed by atoms with Crippen molar-refractivity contribution in [3.63, 3.8) is 0 Å². The van der Waals surface area contributed by atoms with E-state index in [2.05, 4.69) is 15.6 Å². The lowest BCUT2D eigenvalue weighted by molar-refractivity contribution is -0.126. The fourth-order valence-electron chi connectivity index (χ4n) is 2.77. The van der Waals surface area contributed by atoms with Gasteiger partial charge in [0.1, 0.15) is 0 Å². The second-order valence-electron chi connectivity index (χ2n) is 5.42. The largest absolute Gasteiger partial charge is 0.317 e. The molecule has 0 aromatic rings. The second kappa shape index (κ2) is 6.67. The lowest BCUT2D eigenvalue weighted by Crippen LogP contribution is -2.49. The van der Waals surface area contributed by atoms with Crippen LogP contribution in [0.3, 0.4) is 0 Å². The summed E-state index contributed by atoms with van der Waals surface area (Å²) in [6.45, 7) is 1.63. The van der Waals surface area contributed by atoms with E-state index in [0.29, 0.717) is 12.8 Å². The molecule has 2 aliphatic rings. The molecule has 6 nitrogen and oxygen atoms in total. The average Bonchev–Trinajstić information content (AvgIpc) is 2.47. The van der Waals surface area contributed by atoms with Crippen LogP contribution in [-0.4, -0.2) is 32.7 Å². The van der Waals surface area contributed by atoms with Gasteiger partial charge in [-0.25, -0.2) is 8.42 Å². The first-order valence-corrected chi connectivity index (χ1v) is 8.65. The van der Waals surface area contributed by atoms with E-state index in [9.17, 15) is 13.2 Å². The van der Waals surface area contributed by atoms with Crippen molar-refractivity contribution in [2.24, 2.45) is 5.92 Å². The van der Waals surface area contributed by atoms with Crippen LogP contribution in [0.1, 0.15) is 44.9 Å². The van der Waals surface area contributed by atoms with Crippen LogP contribution in [0.4, 0.5) is 0 Å². The van der Waals surface area contributed by atoms with Gasteiger partial charge in [0.15, 0.2) is 0 Å². The highest BCUT2D eigenvalue weighted by atomic mass is 32.2. The van der Waals surface area contributed by atoms with E-state index >= 15 is 0 Å². The van der Waals surface area contributed by atoms with Gasteiger partial charge in [-0.2, -0.15) is 0 Å². The first-order chi connectivity index (χ1) is 9.09. The van der Waals surface area contributed by atoms with Gasteiger partial charge in [0.2, 0.25) is 15.9 Å². The zero-order valence-electron chi connectivity index (χ0n) is 11.2. The van der Waals surface area contributed by atoms with Gasteiger partial charge in [-0.05, 0) is 38.8 Å². The molecule has 1 saturated heterocycles. The molecule has 1 heterocycles. The minimum Gasteiger partial charge on any atom is -0.317 e. The number of amides is 1. The Labute approximate surface area is 114 Å². The van der Waals surface area contributed by atoms with Crippen LogP contribution >= 0.6 is 0 Å². The van der Waals surface area contributed by atoms with Gasteiger partial charge in [0.25, 0.3) is 0 Å². The zero-order chi connectivity index (χ0) is 13.7. The molecule has 7 heteroatoms. The molecule has 0 radical (unpaired) electrons. The van der Waals surface area contributed by atoms with Gasteiger partial charge in [0, 0.05) is 5.92 Å². The van der Waals surface area contributed by atoms with Crippen molar-refractivity contribution in [2.75, 3.05) is 13.1 Å². The molecule has 2 fully saturated rings. The van der Waals surface area contributed by atoms with Crippen LogP contribution in [0.2, 0.25) is 0 Å². The fraction of sp³-hybridized carbons (Fsp3) is 0.917. The molecule has 0 aromatic carbocycles. The summed E-state index contributed by atoms with van der Waals surface area (Å²) in [5.74, 6) is -0.295. The van der Waals surface area contributed by atoms with Crippen molar-refractivity contribution in [1.82, 2.24) is 15.6 Å². The molecular formula is C12H23N3O3S. The molecule has 0 aromatic heterocycles. The highest BCUT2D eigenvalue weighted by Gasteiger charge is 2.28. The van der Waals surface area contributed by atoms with Gasteiger partial charge in [-0.1, -0.05) is 19.3 Å². The molecule has 0 bridgehead atoms. The molecule has 1 aliphatic heterocycles. The van der Waals surface area contributed by atoms with Gasteiger partial charge in [-0.15, -0.1) is 4.83 Å². The molecule has 1 saturated carbocycles. The number of nitrogens with one attached hydrogen (secondary N) is 3. The Morgan fingerprint density at radius 1 is 1.00 bits per heavy atom. The normalized spacial score (nSPS) is 23.2. The number of sulfonamides is 1. The Morgan fingerprint density at radius 2 is 1.63 bits per heavy atom. The molecule has 0 unspecified atom stereocenters. The number of rotatable bonds is 4. The topological polar surface area (TPSA) is 87.3 Å². The molecule has 3 N–H and O–H groups in total. The predicted octanol–water partition coefficient (Wildman–Crippen LogP) is 0.269. The van der Waals surface area contributed by atoms with E-state index in [1.54, 1.807) is 0 Å². The number of carbonyl (C=O) groups excluding carboxylic acids is 1. The van der Waals surface area contributed by atoms with Crippen LogP contribution in [0.5, 0.6) is 0 Å². The van der Waals surface area contributed by atoms with E-state index in [-0.39, 0.29) is 17.1 Å². The quantitative estimate of drug-likeness (QED) is 0.648. The average molecular weight is 289 g/mol. The highest BCUT2D eigenvalue weighted by Crippen LogP contribution is 2.22. The SMILES string of the molecule is O=C(NNS(=O)(=O)C1CCCCC1)C1CCNCC1. The predicted molar refractivity (Wildman–Crippen MR) is 72.7 cm³/mol. The van der Waals surface area contributed by atoms with Crippen molar-refractivity contribution in [1.29, 1.82) is 0 Å². The molecule has 2 rings (SSSR count). The maximum absolute atomic E-state index is 12.0. The van der Waals surface area contributed by atoms with E-state index in [1.807, 2.05) is 0 Å². The molecule has 1 aliphatic carbocycles. The third-order valence-electron chi connectivity index (χ3n) is 4.02. The summed E-state index contributed by atoms with van der Waals surface area (Å²) in [5.41, 5.74) is 2.39. The minimum atomic E-state index is -3.41. The third-order valence-corrected chi connectivity index (χ3v) is 5.75. The Kier molecular flexibility index (Phi) is 5.18. The Balaban J connectivity index is 1.81. The number of carbonyl (C=O) groups is 1.